The molecule has 1 aliphatic rings. The first-order valence-electron chi connectivity index (χ1n) is 5.97. The number of ether oxygens (including phenoxy) is 1. The number of methoxy groups -OCH3 is 1. The Balaban J connectivity index is 2.24. The summed E-state index contributed by atoms with van der Waals surface area (Å²) in [5.74, 6) is 0.890. The second kappa shape index (κ2) is 5.21. The van der Waals surface area contributed by atoms with Gasteiger partial charge in [-0.25, -0.2) is 0 Å². The molecule has 1 aromatic rings. The lowest BCUT2D eigenvalue weighted by Gasteiger charge is -2.30. The van der Waals surface area contributed by atoms with Crippen molar-refractivity contribution in [1.29, 1.82) is 0 Å². The van der Waals surface area contributed by atoms with Crippen LogP contribution in [0.3, 0.4) is 0 Å². The molecule has 0 aliphatic carbocycles. The van der Waals surface area contributed by atoms with Gasteiger partial charge in [-0.3, -0.25) is 0 Å². The normalized spacial score (nSPS) is 16.2. The van der Waals surface area contributed by atoms with E-state index in [4.69, 9.17) is 10.5 Å². The molecule has 1 aromatic carbocycles. The number of benzene rings is 1. The van der Waals surface area contributed by atoms with Crippen molar-refractivity contribution in [3.8, 4) is 5.75 Å². The van der Waals surface area contributed by atoms with Crippen molar-refractivity contribution in [1.82, 2.24) is 0 Å². The van der Waals surface area contributed by atoms with Crippen LogP contribution >= 0.6 is 0 Å². The van der Waals surface area contributed by atoms with Crippen LogP contribution in [0.25, 0.3) is 0 Å². The fraction of sp³-hybridized carbons (Fsp3) is 0.538. The van der Waals surface area contributed by atoms with Crippen molar-refractivity contribution in [3.63, 3.8) is 0 Å². The van der Waals surface area contributed by atoms with E-state index < -0.39 is 0 Å². The SMILES string of the molecule is COc1ccc(N2CCCCC2)c(CN)c1. The average molecular weight is 220 g/mol. The third-order valence-corrected chi connectivity index (χ3v) is 3.20. The molecule has 0 aromatic heterocycles. The summed E-state index contributed by atoms with van der Waals surface area (Å²) < 4.78 is 5.22. The van der Waals surface area contributed by atoms with E-state index in [1.807, 2.05) is 12.1 Å². The number of rotatable bonds is 3. The maximum absolute atomic E-state index is 5.80. The van der Waals surface area contributed by atoms with Crippen LogP contribution in [0.4, 0.5) is 5.69 Å². The Bertz CT molecular complexity index is 346. The summed E-state index contributed by atoms with van der Waals surface area (Å²) in [7, 11) is 1.69. The molecule has 1 fully saturated rings. The quantitative estimate of drug-likeness (QED) is 0.848. The van der Waals surface area contributed by atoms with Gasteiger partial charge in [0.1, 0.15) is 5.75 Å². The summed E-state index contributed by atoms with van der Waals surface area (Å²) in [5.41, 5.74) is 8.26. The van der Waals surface area contributed by atoms with Gasteiger partial charge in [0, 0.05) is 25.3 Å². The highest BCUT2D eigenvalue weighted by atomic mass is 16.5. The fourth-order valence-corrected chi connectivity index (χ4v) is 2.30. The first-order valence-corrected chi connectivity index (χ1v) is 5.97. The van der Waals surface area contributed by atoms with Gasteiger partial charge >= 0.3 is 0 Å². The Morgan fingerprint density at radius 1 is 1.25 bits per heavy atom. The first-order chi connectivity index (χ1) is 7.85. The molecule has 88 valence electrons. The molecule has 0 unspecified atom stereocenters. The highest BCUT2D eigenvalue weighted by molar-refractivity contribution is 5.56. The van der Waals surface area contributed by atoms with Crippen molar-refractivity contribution in [2.75, 3.05) is 25.1 Å². The molecule has 0 radical (unpaired) electrons. The smallest absolute Gasteiger partial charge is 0.119 e. The molecule has 2 rings (SSSR count). The van der Waals surface area contributed by atoms with E-state index in [0.29, 0.717) is 6.54 Å². The topological polar surface area (TPSA) is 38.5 Å². The minimum Gasteiger partial charge on any atom is -0.497 e. The number of hydrogen-bond donors (Lipinski definition) is 1. The van der Waals surface area contributed by atoms with Crippen LogP contribution in [-0.2, 0) is 6.54 Å². The van der Waals surface area contributed by atoms with Crippen molar-refractivity contribution in [2.24, 2.45) is 5.73 Å². The Kier molecular flexibility index (Phi) is 3.67. The third-order valence-electron chi connectivity index (χ3n) is 3.20. The zero-order chi connectivity index (χ0) is 11.4. The molecular weight excluding hydrogens is 200 g/mol. The lowest BCUT2D eigenvalue weighted by Crippen LogP contribution is -2.30. The molecule has 0 bridgehead atoms. The van der Waals surface area contributed by atoms with Crippen molar-refractivity contribution < 1.29 is 4.74 Å². The maximum Gasteiger partial charge on any atom is 0.119 e. The Morgan fingerprint density at radius 3 is 2.62 bits per heavy atom. The Morgan fingerprint density at radius 2 is 2.00 bits per heavy atom. The predicted molar refractivity (Wildman–Crippen MR) is 66.9 cm³/mol. The average Bonchev–Trinajstić information content (AvgIpc) is 2.39. The van der Waals surface area contributed by atoms with Gasteiger partial charge in [0.2, 0.25) is 0 Å². The van der Waals surface area contributed by atoms with Crippen LogP contribution < -0.4 is 15.4 Å². The standard InChI is InChI=1S/C13H20N2O/c1-16-12-5-6-13(11(9-12)10-14)15-7-3-2-4-8-15/h5-6,9H,2-4,7-8,10,14H2,1H3. The second-order valence-electron chi connectivity index (χ2n) is 4.25. The van der Waals surface area contributed by atoms with Gasteiger partial charge in [-0.1, -0.05) is 0 Å². The van der Waals surface area contributed by atoms with E-state index in [1.165, 1.54) is 30.5 Å². The Hall–Kier alpha value is -1.22. The minimum absolute atomic E-state index is 0.572. The number of nitrogens with zero attached hydrogens (tertiary/aromatic N) is 1. The molecule has 0 spiro atoms. The summed E-state index contributed by atoms with van der Waals surface area (Å²) in [6.07, 6.45) is 3.93. The molecule has 16 heavy (non-hydrogen) atoms. The highest BCUT2D eigenvalue weighted by Gasteiger charge is 2.14. The van der Waals surface area contributed by atoms with E-state index in [-0.39, 0.29) is 0 Å². The minimum atomic E-state index is 0.572. The summed E-state index contributed by atoms with van der Waals surface area (Å²) in [4.78, 5) is 2.44. The summed E-state index contributed by atoms with van der Waals surface area (Å²) in [5, 5.41) is 0. The van der Waals surface area contributed by atoms with Gasteiger partial charge < -0.3 is 15.4 Å². The van der Waals surface area contributed by atoms with Crippen LogP contribution in [-0.4, -0.2) is 20.2 Å². The molecular formula is C13H20N2O. The molecule has 0 saturated carbocycles. The molecule has 2 N–H and O–H groups in total. The van der Waals surface area contributed by atoms with E-state index in [9.17, 15) is 0 Å². The summed E-state index contributed by atoms with van der Waals surface area (Å²) >= 11 is 0. The third kappa shape index (κ3) is 2.30. The van der Waals surface area contributed by atoms with Crippen LogP contribution in [0.1, 0.15) is 24.8 Å². The molecule has 1 heterocycles. The zero-order valence-corrected chi connectivity index (χ0v) is 9.91. The van der Waals surface area contributed by atoms with Gasteiger partial charge in [0.15, 0.2) is 0 Å². The molecule has 3 heteroatoms. The van der Waals surface area contributed by atoms with Crippen molar-refractivity contribution in [2.45, 2.75) is 25.8 Å². The predicted octanol–water partition coefficient (Wildman–Crippen LogP) is 2.14. The monoisotopic (exact) mass is 220 g/mol. The van der Waals surface area contributed by atoms with Gasteiger partial charge in [0.25, 0.3) is 0 Å². The largest absolute Gasteiger partial charge is 0.497 e. The van der Waals surface area contributed by atoms with E-state index >= 15 is 0 Å². The van der Waals surface area contributed by atoms with Gasteiger partial charge in [-0.15, -0.1) is 0 Å². The van der Waals surface area contributed by atoms with Crippen molar-refractivity contribution in [3.05, 3.63) is 23.8 Å². The second-order valence-corrected chi connectivity index (χ2v) is 4.25. The van der Waals surface area contributed by atoms with E-state index in [2.05, 4.69) is 11.0 Å². The number of nitrogens with two attached hydrogens (primary N) is 1. The van der Waals surface area contributed by atoms with Gasteiger partial charge in [-0.05, 0) is 43.0 Å². The van der Waals surface area contributed by atoms with Crippen LogP contribution in [0.15, 0.2) is 18.2 Å². The summed E-state index contributed by atoms with van der Waals surface area (Å²) in [6.45, 7) is 2.88. The Labute approximate surface area is 97.2 Å². The molecule has 0 atom stereocenters. The summed E-state index contributed by atoms with van der Waals surface area (Å²) in [6, 6.07) is 6.19. The maximum atomic E-state index is 5.80. The lowest BCUT2D eigenvalue weighted by atomic mass is 10.1. The molecule has 1 saturated heterocycles. The number of hydrogen-bond acceptors (Lipinski definition) is 3. The zero-order valence-electron chi connectivity index (χ0n) is 9.91. The number of anilines is 1. The number of piperidine rings is 1. The first kappa shape index (κ1) is 11.3. The van der Waals surface area contributed by atoms with E-state index in [1.54, 1.807) is 7.11 Å². The van der Waals surface area contributed by atoms with Gasteiger partial charge in [0.05, 0.1) is 7.11 Å². The molecule has 3 nitrogen and oxygen atoms in total. The van der Waals surface area contributed by atoms with Crippen molar-refractivity contribution >= 4 is 5.69 Å². The fourth-order valence-electron chi connectivity index (χ4n) is 2.30. The molecule has 0 amide bonds. The van der Waals surface area contributed by atoms with Crippen LogP contribution in [0.2, 0.25) is 0 Å². The lowest BCUT2D eigenvalue weighted by molar-refractivity contribution is 0.414. The van der Waals surface area contributed by atoms with Crippen LogP contribution in [0.5, 0.6) is 5.75 Å². The van der Waals surface area contributed by atoms with E-state index in [0.717, 1.165) is 18.8 Å². The van der Waals surface area contributed by atoms with Crippen LogP contribution in [0, 0.1) is 0 Å². The van der Waals surface area contributed by atoms with Gasteiger partial charge in [-0.2, -0.15) is 0 Å². The highest BCUT2D eigenvalue weighted by Crippen LogP contribution is 2.27. The molecule has 1 aliphatic heterocycles.